The smallest absolute Gasteiger partial charge is 0.108 e. The van der Waals surface area contributed by atoms with E-state index in [9.17, 15) is 0 Å². The molecule has 1 aromatic heterocycles. The first kappa shape index (κ1) is 13.0. The van der Waals surface area contributed by atoms with Crippen LogP contribution < -0.4 is 5.32 Å². The van der Waals surface area contributed by atoms with Gasteiger partial charge in [-0.25, -0.2) is 0 Å². The molecule has 0 bridgehead atoms. The van der Waals surface area contributed by atoms with Gasteiger partial charge in [0.15, 0.2) is 0 Å². The largest absolute Gasteiger partial charge is 0.303 e. The summed E-state index contributed by atoms with van der Waals surface area (Å²) in [5.74, 6) is 0. The monoisotopic (exact) mass is 244 g/mol. The minimum atomic E-state index is -0.0417. The molecular weight excluding hydrogens is 224 g/mol. The van der Waals surface area contributed by atoms with Crippen LogP contribution in [0.1, 0.15) is 18.4 Å². The fourth-order valence-corrected chi connectivity index (χ4v) is 1.94. The summed E-state index contributed by atoms with van der Waals surface area (Å²) in [4.78, 5) is 6.22. The molecule has 1 fully saturated rings. The highest BCUT2D eigenvalue weighted by Crippen LogP contribution is 2.19. The Bertz CT molecular complexity index is 394. The Morgan fingerprint density at radius 3 is 2.83 bits per heavy atom. The molecule has 1 saturated carbocycles. The highest BCUT2D eigenvalue weighted by Gasteiger charge is 2.24. The van der Waals surface area contributed by atoms with E-state index in [1.54, 1.807) is 0 Å². The Morgan fingerprint density at radius 2 is 2.22 bits per heavy atom. The fourth-order valence-electron chi connectivity index (χ4n) is 1.94. The number of hydrogen-bond donors (Lipinski definition) is 1. The SMILES string of the molecule is CN(CCc1ccncc1)CC(C#N)NC1CC1. The van der Waals surface area contributed by atoms with E-state index in [1.165, 1.54) is 18.4 Å². The van der Waals surface area contributed by atoms with E-state index in [2.05, 4.69) is 28.3 Å². The third-order valence-corrected chi connectivity index (χ3v) is 3.20. The van der Waals surface area contributed by atoms with Crippen molar-refractivity contribution in [2.24, 2.45) is 0 Å². The molecular formula is C14H20N4. The number of nitrogens with zero attached hydrogens (tertiary/aromatic N) is 3. The number of hydrogen-bond acceptors (Lipinski definition) is 4. The van der Waals surface area contributed by atoms with Crippen LogP contribution in [0.25, 0.3) is 0 Å². The summed E-state index contributed by atoms with van der Waals surface area (Å²) in [5.41, 5.74) is 1.29. The first-order chi connectivity index (χ1) is 8.78. The lowest BCUT2D eigenvalue weighted by Crippen LogP contribution is -2.40. The minimum absolute atomic E-state index is 0.0417. The molecule has 0 radical (unpaired) electrons. The number of aromatic nitrogens is 1. The Labute approximate surface area is 109 Å². The van der Waals surface area contributed by atoms with E-state index in [4.69, 9.17) is 5.26 Å². The van der Waals surface area contributed by atoms with Gasteiger partial charge >= 0.3 is 0 Å². The van der Waals surface area contributed by atoms with Crippen molar-refractivity contribution in [1.29, 1.82) is 5.26 Å². The van der Waals surface area contributed by atoms with Gasteiger partial charge in [-0.2, -0.15) is 5.26 Å². The minimum Gasteiger partial charge on any atom is -0.303 e. The summed E-state index contributed by atoms with van der Waals surface area (Å²) >= 11 is 0. The van der Waals surface area contributed by atoms with Gasteiger partial charge in [0.1, 0.15) is 6.04 Å². The van der Waals surface area contributed by atoms with Crippen LogP contribution in [0, 0.1) is 11.3 Å². The number of pyridine rings is 1. The normalized spacial score (nSPS) is 16.5. The Hall–Kier alpha value is -1.44. The van der Waals surface area contributed by atoms with Crippen molar-refractivity contribution in [3.63, 3.8) is 0 Å². The van der Waals surface area contributed by atoms with Gasteiger partial charge in [0, 0.05) is 31.5 Å². The zero-order valence-corrected chi connectivity index (χ0v) is 10.8. The maximum atomic E-state index is 9.09. The van der Waals surface area contributed by atoms with E-state index in [1.807, 2.05) is 24.5 Å². The van der Waals surface area contributed by atoms with E-state index in [0.717, 1.165) is 19.5 Å². The van der Waals surface area contributed by atoms with Crippen molar-refractivity contribution in [2.75, 3.05) is 20.1 Å². The molecule has 1 aliphatic carbocycles. The third kappa shape index (κ3) is 4.44. The summed E-state index contributed by atoms with van der Waals surface area (Å²) in [6, 6.07) is 6.96. The molecule has 1 aliphatic rings. The van der Waals surface area contributed by atoms with Gasteiger partial charge in [-0.3, -0.25) is 10.3 Å². The lowest BCUT2D eigenvalue weighted by molar-refractivity contribution is 0.313. The van der Waals surface area contributed by atoms with Crippen LogP contribution >= 0.6 is 0 Å². The first-order valence-corrected chi connectivity index (χ1v) is 6.51. The Morgan fingerprint density at radius 1 is 1.50 bits per heavy atom. The van der Waals surface area contributed by atoms with E-state index in [0.29, 0.717) is 6.04 Å². The van der Waals surface area contributed by atoms with Crippen molar-refractivity contribution in [3.05, 3.63) is 30.1 Å². The van der Waals surface area contributed by atoms with Gasteiger partial charge < -0.3 is 4.90 Å². The highest BCUT2D eigenvalue weighted by atomic mass is 15.1. The first-order valence-electron chi connectivity index (χ1n) is 6.51. The van der Waals surface area contributed by atoms with E-state index in [-0.39, 0.29) is 6.04 Å². The lowest BCUT2D eigenvalue weighted by Gasteiger charge is -2.20. The molecule has 96 valence electrons. The van der Waals surface area contributed by atoms with Crippen LogP contribution in [0.4, 0.5) is 0 Å². The number of likely N-dealkylation sites (N-methyl/N-ethyl adjacent to an activating group) is 1. The predicted molar refractivity (Wildman–Crippen MR) is 71.0 cm³/mol. The van der Waals surface area contributed by atoms with Crippen LogP contribution in [0.2, 0.25) is 0 Å². The molecule has 1 heterocycles. The molecule has 1 atom stereocenters. The predicted octanol–water partition coefficient (Wildman–Crippen LogP) is 1.20. The maximum absolute atomic E-state index is 9.09. The summed E-state index contributed by atoms with van der Waals surface area (Å²) in [7, 11) is 2.07. The zero-order valence-electron chi connectivity index (χ0n) is 10.8. The van der Waals surface area contributed by atoms with Crippen molar-refractivity contribution >= 4 is 0 Å². The Kier molecular flexibility index (Phi) is 4.68. The van der Waals surface area contributed by atoms with Gasteiger partial charge in [-0.1, -0.05) is 0 Å². The van der Waals surface area contributed by atoms with Crippen molar-refractivity contribution < 1.29 is 0 Å². The van der Waals surface area contributed by atoms with Crippen LogP contribution in [0.15, 0.2) is 24.5 Å². The number of nitrogens with one attached hydrogen (secondary N) is 1. The summed E-state index contributed by atoms with van der Waals surface area (Å²) < 4.78 is 0. The van der Waals surface area contributed by atoms with Crippen LogP contribution in [0.3, 0.4) is 0 Å². The molecule has 0 amide bonds. The van der Waals surface area contributed by atoms with Crippen molar-refractivity contribution in [1.82, 2.24) is 15.2 Å². The molecule has 1 aromatic rings. The van der Waals surface area contributed by atoms with Crippen LogP contribution in [0.5, 0.6) is 0 Å². The summed E-state index contributed by atoms with van der Waals surface area (Å²) in [5, 5.41) is 12.4. The third-order valence-electron chi connectivity index (χ3n) is 3.20. The second-order valence-corrected chi connectivity index (χ2v) is 4.99. The zero-order chi connectivity index (χ0) is 12.8. The quantitative estimate of drug-likeness (QED) is 0.783. The van der Waals surface area contributed by atoms with Crippen LogP contribution in [-0.4, -0.2) is 42.1 Å². The molecule has 18 heavy (non-hydrogen) atoms. The van der Waals surface area contributed by atoms with Gasteiger partial charge in [0.2, 0.25) is 0 Å². The molecule has 4 heteroatoms. The van der Waals surface area contributed by atoms with Gasteiger partial charge in [-0.05, 0) is 44.0 Å². The number of rotatable bonds is 7. The molecule has 1 N–H and O–H groups in total. The molecule has 0 aliphatic heterocycles. The van der Waals surface area contributed by atoms with Gasteiger partial charge in [-0.15, -0.1) is 0 Å². The molecule has 1 unspecified atom stereocenters. The molecule has 2 rings (SSSR count). The number of nitriles is 1. The van der Waals surface area contributed by atoms with Crippen molar-refractivity contribution in [3.8, 4) is 6.07 Å². The summed E-state index contributed by atoms with van der Waals surface area (Å²) in [6.07, 6.45) is 7.09. The topological polar surface area (TPSA) is 52.0 Å². The molecule has 4 nitrogen and oxygen atoms in total. The molecule has 0 aromatic carbocycles. The fraction of sp³-hybridized carbons (Fsp3) is 0.571. The molecule has 0 saturated heterocycles. The Balaban J connectivity index is 1.70. The maximum Gasteiger partial charge on any atom is 0.108 e. The second-order valence-electron chi connectivity index (χ2n) is 4.99. The standard InChI is InChI=1S/C14H20N4/c1-18(9-6-12-4-7-16-8-5-12)11-14(10-15)17-13-2-3-13/h4-5,7-8,13-14,17H,2-3,6,9,11H2,1H3. The lowest BCUT2D eigenvalue weighted by atomic mass is 10.2. The highest BCUT2D eigenvalue weighted by molar-refractivity contribution is 5.10. The van der Waals surface area contributed by atoms with E-state index < -0.39 is 0 Å². The molecule has 0 spiro atoms. The average molecular weight is 244 g/mol. The van der Waals surface area contributed by atoms with Gasteiger partial charge in [0.25, 0.3) is 0 Å². The summed E-state index contributed by atoms with van der Waals surface area (Å²) in [6.45, 7) is 1.76. The second kappa shape index (κ2) is 6.48. The van der Waals surface area contributed by atoms with Gasteiger partial charge in [0.05, 0.1) is 6.07 Å². The van der Waals surface area contributed by atoms with E-state index >= 15 is 0 Å². The average Bonchev–Trinajstić information content (AvgIpc) is 3.21. The van der Waals surface area contributed by atoms with Crippen LogP contribution in [-0.2, 0) is 6.42 Å². The van der Waals surface area contributed by atoms with Crippen molar-refractivity contribution in [2.45, 2.75) is 31.3 Å².